The molecule has 1 aromatic carbocycles. The zero-order chi connectivity index (χ0) is 22.3. The Hall–Kier alpha value is -3.07. The minimum absolute atomic E-state index is 0.0676. The topological polar surface area (TPSA) is 104 Å². The summed E-state index contributed by atoms with van der Waals surface area (Å²) in [7, 11) is 1.73. The minimum Gasteiger partial charge on any atom is -0.465 e. The van der Waals surface area contributed by atoms with Crippen LogP contribution in [0.4, 0.5) is 14.9 Å². The standard InChI is InChI=1S/C21H22ClFN4O4/c1-26-10-14-13(19(26)20(29)25-11-2-5-16(23)15(22)8-11)4-6-17(14)27(21(30)31)9-12-3-7-18(28)24-12/h2,5,8,10,12,17H,3-4,6-7,9H2,1H3,(H,24,28)(H,25,29)(H,30,31)/t12-,17?/m0/s1. The summed E-state index contributed by atoms with van der Waals surface area (Å²) in [6, 6.07) is 3.34. The summed E-state index contributed by atoms with van der Waals surface area (Å²) in [4.78, 5) is 37.7. The second-order valence-corrected chi connectivity index (χ2v) is 8.31. The first kappa shape index (κ1) is 21.2. The number of carbonyl (C=O) groups is 3. The van der Waals surface area contributed by atoms with Crippen LogP contribution in [0.5, 0.6) is 0 Å². The zero-order valence-corrected chi connectivity index (χ0v) is 17.6. The van der Waals surface area contributed by atoms with Crippen molar-refractivity contribution in [3.63, 3.8) is 0 Å². The number of anilines is 1. The molecule has 31 heavy (non-hydrogen) atoms. The Morgan fingerprint density at radius 3 is 2.77 bits per heavy atom. The Balaban J connectivity index is 1.56. The highest BCUT2D eigenvalue weighted by Gasteiger charge is 2.37. The van der Waals surface area contributed by atoms with Crippen LogP contribution in [0.1, 0.15) is 46.9 Å². The molecule has 164 valence electrons. The van der Waals surface area contributed by atoms with Gasteiger partial charge in [-0.15, -0.1) is 0 Å². The lowest BCUT2D eigenvalue weighted by molar-refractivity contribution is -0.119. The van der Waals surface area contributed by atoms with E-state index in [1.54, 1.807) is 17.8 Å². The normalized spacial score (nSPS) is 19.8. The van der Waals surface area contributed by atoms with Crippen molar-refractivity contribution >= 4 is 35.2 Å². The molecule has 0 spiro atoms. The van der Waals surface area contributed by atoms with Gasteiger partial charge in [0, 0.05) is 37.9 Å². The number of aromatic nitrogens is 1. The van der Waals surface area contributed by atoms with Crippen molar-refractivity contribution in [2.45, 2.75) is 37.8 Å². The average molecular weight is 449 g/mol. The van der Waals surface area contributed by atoms with E-state index in [1.165, 1.54) is 23.1 Å². The molecule has 2 aromatic rings. The van der Waals surface area contributed by atoms with E-state index in [2.05, 4.69) is 10.6 Å². The van der Waals surface area contributed by atoms with Gasteiger partial charge >= 0.3 is 6.09 Å². The number of halogens is 2. The first-order valence-electron chi connectivity index (χ1n) is 9.98. The van der Waals surface area contributed by atoms with Crippen LogP contribution in [0, 0.1) is 5.82 Å². The molecule has 0 saturated carbocycles. The van der Waals surface area contributed by atoms with Crippen molar-refractivity contribution < 1.29 is 23.9 Å². The molecule has 1 unspecified atom stereocenters. The van der Waals surface area contributed by atoms with Gasteiger partial charge in [-0.1, -0.05) is 11.6 Å². The fourth-order valence-electron chi connectivity index (χ4n) is 4.46. The van der Waals surface area contributed by atoms with E-state index in [0.29, 0.717) is 37.1 Å². The molecular weight excluding hydrogens is 427 g/mol. The number of aryl methyl sites for hydroxylation is 1. The van der Waals surface area contributed by atoms with Gasteiger partial charge in [-0.25, -0.2) is 9.18 Å². The van der Waals surface area contributed by atoms with Crippen LogP contribution in [0.2, 0.25) is 5.02 Å². The number of carbonyl (C=O) groups excluding carboxylic acids is 2. The molecule has 1 fully saturated rings. The maximum Gasteiger partial charge on any atom is 0.407 e. The molecule has 0 bridgehead atoms. The smallest absolute Gasteiger partial charge is 0.407 e. The summed E-state index contributed by atoms with van der Waals surface area (Å²) in [6.45, 7) is 0.204. The van der Waals surface area contributed by atoms with E-state index < -0.39 is 18.0 Å². The van der Waals surface area contributed by atoms with Crippen LogP contribution in [0.15, 0.2) is 24.4 Å². The van der Waals surface area contributed by atoms with Crippen LogP contribution in [0.3, 0.4) is 0 Å². The third-order valence-electron chi connectivity index (χ3n) is 5.86. The molecule has 0 radical (unpaired) electrons. The number of carboxylic acid groups (broad SMARTS) is 1. The van der Waals surface area contributed by atoms with Crippen LogP contribution in [0.25, 0.3) is 0 Å². The number of nitrogens with one attached hydrogen (secondary N) is 2. The number of hydrogen-bond acceptors (Lipinski definition) is 3. The van der Waals surface area contributed by atoms with Crippen LogP contribution in [-0.4, -0.2) is 45.1 Å². The Labute approximate surface area is 183 Å². The molecular formula is C21H22ClFN4O4. The monoisotopic (exact) mass is 448 g/mol. The third kappa shape index (κ3) is 4.10. The van der Waals surface area contributed by atoms with Gasteiger partial charge in [-0.05, 0) is 48.6 Å². The molecule has 1 saturated heterocycles. The number of amides is 3. The summed E-state index contributed by atoms with van der Waals surface area (Å²) in [5.74, 6) is -1.02. The van der Waals surface area contributed by atoms with Crippen molar-refractivity contribution in [1.82, 2.24) is 14.8 Å². The minimum atomic E-state index is -1.06. The lowest BCUT2D eigenvalue weighted by atomic mass is 10.1. The van der Waals surface area contributed by atoms with Gasteiger partial charge in [0.2, 0.25) is 5.91 Å². The van der Waals surface area contributed by atoms with E-state index in [-0.39, 0.29) is 29.4 Å². The molecule has 8 nitrogen and oxygen atoms in total. The second-order valence-electron chi connectivity index (χ2n) is 7.90. The summed E-state index contributed by atoms with van der Waals surface area (Å²) >= 11 is 5.79. The molecule has 3 N–H and O–H groups in total. The lowest BCUT2D eigenvalue weighted by Crippen LogP contribution is -2.42. The summed E-state index contributed by atoms with van der Waals surface area (Å²) < 4.78 is 15.1. The maximum absolute atomic E-state index is 13.4. The SMILES string of the molecule is Cn1cc2c(c1C(=O)Nc1ccc(F)c(Cl)c1)CCC2N(C[C@@H]1CCC(=O)N1)C(=O)O. The van der Waals surface area contributed by atoms with E-state index in [4.69, 9.17) is 11.6 Å². The van der Waals surface area contributed by atoms with Gasteiger partial charge in [0.25, 0.3) is 5.91 Å². The van der Waals surface area contributed by atoms with E-state index in [1.807, 2.05) is 0 Å². The number of rotatable bonds is 5. The number of fused-ring (bicyclic) bond motifs is 1. The van der Waals surface area contributed by atoms with E-state index in [9.17, 15) is 23.9 Å². The van der Waals surface area contributed by atoms with Crippen molar-refractivity contribution in [2.75, 3.05) is 11.9 Å². The molecule has 1 aliphatic heterocycles. The molecule has 3 amide bonds. The van der Waals surface area contributed by atoms with Crippen molar-refractivity contribution in [3.8, 4) is 0 Å². The number of nitrogens with zero attached hydrogens (tertiary/aromatic N) is 2. The van der Waals surface area contributed by atoms with Gasteiger partial charge < -0.3 is 20.3 Å². The van der Waals surface area contributed by atoms with Crippen molar-refractivity contribution in [2.24, 2.45) is 7.05 Å². The highest BCUT2D eigenvalue weighted by atomic mass is 35.5. The predicted molar refractivity (Wildman–Crippen MR) is 112 cm³/mol. The highest BCUT2D eigenvalue weighted by Crippen LogP contribution is 2.39. The number of benzene rings is 1. The van der Waals surface area contributed by atoms with Crippen molar-refractivity contribution in [1.29, 1.82) is 0 Å². The van der Waals surface area contributed by atoms with Crippen LogP contribution >= 0.6 is 11.6 Å². The lowest BCUT2D eigenvalue weighted by Gasteiger charge is -2.29. The second kappa shape index (κ2) is 8.22. The summed E-state index contributed by atoms with van der Waals surface area (Å²) in [6.07, 6.45) is 2.83. The summed E-state index contributed by atoms with van der Waals surface area (Å²) in [5, 5.41) is 15.2. The van der Waals surface area contributed by atoms with Gasteiger partial charge in [0.05, 0.1) is 11.1 Å². The Kier molecular flexibility index (Phi) is 5.62. The predicted octanol–water partition coefficient (Wildman–Crippen LogP) is 3.32. The van der Waals surface area contributed by atoms with Gasteiger partial charge in [-0.2, -0.15) is 0 Å². The first-order chi connectivity index (χ1) is 14.7. The zero-order valence-electron chi connectivity index (χ0n) is 16.8. The molecule has 4 rings (SSSR count). The summed E-state index contributed by atoms with van der Waals surface area (Å²) in [5.41, 5.74) is 2.37. The van der Waals surface area contributed by atoms with Crippen LogP contribution in [-0.2, 0) is 18.3 Å². The van der Waals surface area contributed by atoms with Crippen molar-refractivity contribution in [3.05, 3.63) is 52.1 Å². The van der Waals surface area contributed by atoms with Crippen LogP contribution < -0.4 is 10.6 Å². The highest BCUT2D eigenvalue weighted by molar-refractivity contribution is 6.31. The molecule has 10 heteroatoms. The third-order valence-corrected chi connectivity index (χ3v) is 6.15. The van der Waals surface area contributed by atoms with Gasteiger partial charge in [0.15, 0.2) is 0 Å². The van der Waals surface area contributed by atoms with Gasteiger partial charge in [0.1, 0.15) is 11.5 Å². The molecule has 1 aliphatic carbocycles. The van der Waals surface area contributed by atoms with E-state index in [0.717, 1.165) is 11.1 Å². The molecule has 2 heterocycles. The molecule has 1 aromatic heterocycles. The Morgan fingerprint density at radius 1 is 1.35 bits per heavy atom. The fraction of sp³-hybridized carbons (Fsp3) is 0.381. The Morgan fingerprint density at radius 2 is 2.13 bits per heavy atom. The fourth-order valence-corrected chi connectivity index (χ4v) is 4.64. The number of hydrogen-bond donors (Lipinski definition) is 3. The average Bonchev–Trinajstić information content (AvgIpc) is 3.37. The quantitative estimate of drug-likeness (QED) is 0.652. The largest absolute Gasteiger partial charge is 0.465 e. The molecule has 2 aliphatic rings. The maximum atomic E-state index is 13.4. The van der Waals surface area contributed by atoms with Gasteiger partial charge in [-0.3, -0.25) is 14.5 Å². The molecule has 2 atom stereocenters. The Bertz CT molecular complexity index is 1070. The first-order valence-corrected chi connectivity index (χ1v) is 10.4. The van der Waals surface area contributed by atoms with E-state index >= 15 is 0 Å².